The van der Waals surface area contributed by atoms with Crippen molar-refractivity contribution < 1.29 is 0 Å². The quantitative estimate of drug-likeness (QED) is 0.178. The molecule has 0 saturated carbocycles. The molecule has 12 rings (SSSR count). The van der Waals surface area contributed by atoms with Crippen LogP contribution in [-0.2, 0) is 10.8 Å². The highest BCUT2D eigenvalue weighted by atomic mass is 15.1. The second kappa shape index (κ2) is 11.3. The summed E-state index contributed by atoms with van der Waals surface area (Å²) in [6.45, 7) is 0. The minimum atomic E-state index is -0.548. The predicted octanol–water partition coefficient (Wildman–Crippen LogP) is 13.3. The molecule has 0 saturated heterocycles. The molecule has 0 aliphatic heterocycles. The second-order valence-corrected chi connectivity index (χ2v) is 15.1. The average molecular weight is 698 g/mol. The van der Waals surface area contributed by atoms with Gasteiger partial charge in [0.2, 0.25) is 0 Å². The van der Waals surface area contributed by atoms with E-state index in [-0.39, 0.29) is 0 Å². The first-order valence-electron chi connectivity index (χ1n) is 19.3. The molecular formula is C54H35N. The number of hydrogen-bond donors (Lipinski definition) is 0. The summed E-state index contributed by atoms with van der Waals surface area (Å²) in [6.07, 6.45) is 0. The van der Waals surface area contributed by atoms with Gasteiger partial charge >= 0.3 is 0 Å². The third kappa shape index (κ3) is 3.82. The van der Waals surface area contributed by atoms with Crippen LogP contribution in [0.2, 0.25) is 0 Å². The Morgan fingerprint density at radius 2 is 0.691 bits per heavy atom. The number of rotatable bonds is 3. The van der Waals surface area contributed by atoms with Gasteiger partial charge in [0.25, 0.3) is 0 Å². The van der Waals surface area contributed by atoms with E-state index in [1.54, 1.807) is 0 Å². The summed E-state index contributed by atoms with van der Waals surface area (Å²) in [5, 5.41) is 2.44. The first kappa shape index (κ1) is 30.5. The van der Waals surface area contributed by atoms with Crippen LogP contribution in [0.4, 0.5) is 17.1 Å². The van der Waals surface area contributed by atoms with Crippen LogP contribution in [-0.4, -0.2) is 0 Å². The topological polar surface area (TPSA) is 3.24 Å². The minimum absolute atomic E-state index is 0.508. The Morgan fingerprint density at radius 3 is 1.25 bits per heavy atom. The zero-order valence-corrected chi connectivity index (χ0v) is 30.2. The van der Waals surface area contributed by atoms with Crippen molar-refractivity contribution in [1.29, 1.82) is 0 Å². The standard InChI is InChI=1S/C54H35N/c1-2-19-37(20-3-1)55(52-32-16-18-36-17-4-5-21-39(36)52)38-33-34-50-51(35-38)54(46-28-12-8-24-42(46)43-25-9-13-29-47(43)54)49-31-15-14-30-48(49)53(50)44-26-10-6-22-40(44)41-23-7-11-27-45(41)53/h1-35H. The van der Waals surface area contributed by atoms with Gasteiger partial charge in [-0.1, -0.05) is 182 Å². The van der Waals surface area contributed by atoms with Crippen LogP contribution in [0.25, 0.3) is 33.0 Å². The van der Waals surface area contributed by atoms with Gasteiger partial charge in [0.1, 0.15) is 0 Å². The molecule has 0 radical (unpaired) electrons. The van der Waals surface area contributed by atoms with Crippen LogP contribution in [0, 0.1) is 0 Å². The van der Waals surface area contributed by atoms with Crippen molar-refractivity contribution in [3.63, 3.8) is 0 Å². The summed E-state index contributed by atoms with van der Waals surface area (Å²) in [5.74, 6) is 0. The van der Waals surface area contributed by atoms with E-state index in [2.05, 4.69) is 217 Å². The van der Waals surface area contributed by atoms with Gasteiger partial charge in [-0.25, -0.2) is 0 Å². The Morgan fingerprint density at radius 1 is 0.273 bits per heavy atom. The van der Waals surface area contributed by atoms with Crippen molar-refractivity contribution in [2.75, 3.05) is 4.90 Å². The SMILES string of the molecule is c1ccc(N(c2ccc3c(c2)C2(c4ccccc4-c4ccccc42)c2ccccc2C32c3ccccc3-c3ccccc32)c2cccc3ccccc23)cc1. The fourth-order valence-electron chi connectivity index (χ4n) is 10.8. The van der Waals surface area contributed by atoms with Crippen molar-refractivity contribution >= 4 is 27.8 Å². The lowest BCUT2D eigenvalue weighted by Gasteiger charge is -2.49. The Kier molecular flexibility index (Phi) is 6.25. The fourth-order valence-corrected chi connectivity index (χ4v) is 10.8. The largest absolute Gasteiger partial charge is 0.310 e. The molecule has 0 fully saturated rings. The summed E-state index contributed by atoms with van der Waals surface area (Å²) >= 11 is 0. The maximum atomic E-state index is 2.55. The van der Waals surface area contributed by atoms with Crippen LogP contribution in [0.15, 0.2) is 212 Å². The minimum Gasteiger partial charge on any atom is -0.310 e. The molecular weight excluding hydrogens is 663 g/mol. The van der Waals surface area contributed by atoms with Gasteiger partial charge in [-0.15, -0.1) is 0 Å². The van der Waals surface area contributed by atoms with Crippen molar-refractivity contribution in [2.24, 2.45) is 0 Å². The van der Waals surface area contributed by atoms with Crippen molar-refractivity contribution in [3.05, 3.63) is 257 Å². The van der Waals surface area contributed by atoms with Gasteiger partial charge in [0.15, 0.2) is 0 Å². The van der Waals surface area contributed by atoms with E-state index in [9.17, 15) is 0 Å². The smallest absolute Gasteiger partial charge is 0.0720 e. The van der Waals surface area contributed by atoms with Gasteiger partial charge in [-0.3, -0.25) is 0 Å². The van der Waals surface area contributed by atoms with E-state index < -0.39 is 10.8 Å². The summed E-state index contributed by atoms with van der Waals surface area (Å²) in [7, 11) is 0. The number of nitrogens with zero attached hydrogens (tertiary/aromatic N) is 1. The van der Waals surface area contributed by atoms with E-state index in [1.807, 2.05) is 0 Å². The average Bonchev–Trinajstić information content (AvgIpc) is 3.72. The number of benzene rings is 9. The van der Waals surface area contributed by atoms with E-state index in [4.69, 9.17) is 0 Å². The van der Waals surface area contributed by atoms with E-state index in [0.717, 1.165) is 17.1 Å². The maximum absolute atomic E-state index is 2.55. The Balaban J connectivity index is 1.27. The number of anilines is 3. The van der Waals surface area contributed by atoms with Gasteiger partial charge in [-0.05, 0) is 102 Å². The first-order valence-corrected chi connectivity index (χ1v) is 19.3. The van der Waals surface area contributed by atoms with Gasteiger partial charge in [0, 0.05) is 16.8 Å². The zero-order chi connectivity index (χ0) is 36.1. The molecule has 2 spiro atoms. The lowest BCUT2D eigenvalue weighted by atomic mass is 9.52. The molecule has 0 bridgehead atoms. The van der Waals surface area contributed by atoms with Crippen molar-refractivity contribution in [2.45, 2.75) is 10.8 Å². The molecule has 0 aromatic heterocycles. The summed E-state index contributed by atoms with van der Waals surface area (Å²) < 4.78 is 0. The number of fused-ring (bicyclic) bond motifs is 17. The molecule has 256 valence electrons. The highest BCUT2D eigenvalue weighted by Crippen LogP contribution is 2.67. The van der Waals surface area contributed by atoms with Gasteiger partial charge in [-0.2, -0.15) is 0 Å². The van der Waals surface area contributed by atoms with E-state index in [1.165, 1.54) is 77.5 Å². The van der Waals surface area contributed by atoms with Crippen LogP contribution >= 0.6 is 0 Å². The Labute approximate surface area is 321 Å². The second-order valence-electron chi connectivity index (χ2n) is 15.1. The summed E-state index contributed by atoms with van der Waals surface area (Å²) in [6, 6.07) is 79.6. The lowest BCUT2D eigenvalue weighted by molar-refractivity contribution is 0.633. The fraction of sp³-hybridized carbons (Fsp3) is 0.0370. The summed E-state index contributed by atoms with van der Waals surface area (Å²) in [4.78, 5) is 2.47. The Hall–Kier alpha value is -6.96. The van der Waals surface area contributed by atoms with Crippen LogP contribution in [0.5, 0.6) is 0 Å². The molecule has 3 aliphatic carbocycles. The van der Waals surface area contributed by atoms with E-state index >= 15 is 0 Å². The lowest BCUT2D eigenvalue weighted by Crippen LogP contribution is -2.43. The number of hydrogen-bond acceptors (Lipinski definition) is 1. The van der Waals surface area contributed by atoms with Crippen LogP contribution in [0.1, 0.15) is 44.5 Å². The molecule has 9 aromatic rings. The zero-order valence-electron chi connectivity index (χ0n) is 30.2. The maximum Gasteiger partial charge on any atom is 0.0720 e. The van der Waals surface area contributed by atoms with Crippen LogP contribution in [0.3, 0.4) is 0 Å². The van der Waals surface area contributed by atoms with Crippen molar-refractivity contribution in [3.8, 4) is 22.3 Å². The van der Waals surface area contributed by atoms with E-state index in [0.29, 0.717) is 0 Å². The monoisotopic (exact) mass is 697 g/mol. The molecule has 0 N–H and O–H groups in total. The predicted molar refractivity (Wildman–Crippen MR) is 227 cm³/mol. The molecule has 9 aromatic carbocycles. The van der Waals surface area contributed by atoms with Gasteiger partial charge in [0.05, 0.1) is 16.5 Å². The molecule has 55 heavy (non-hydrogen) atoms. The molecule has 0 amide bonds. The highest BCUT2D eigenvalue weighted by molar-refractivity contribution is 6.00. The third-order valence-corrected chi connectivity index (χ3v) is 12.7. The molecule has 0 heterocycles. The first-order chi connectivity index (χ1) is 27.3. The normalized spacial score (nSPS) is 14.5. The molecule has 0 unspecified atom stereocenters. The Bertz CT molecular complexity index is 2910. The summed E-state index contributed by atoms with van der Waals surface area (Å²) in [5.41, 5.74) is 18.4. The molecule has 1 heteroatoms. The molecule has 1 nitrogen and oxygen atoms in total. The third-order valence-electron chi connectivity index (χ3n) is 12.7. The number of para-hydroxylation sites is 1. The highest BCUT2D eigenvalue weighted by Gasteiger charge is 2.59. The van der Waals surface area contributed by atoms with Crippen molar-refractivity contribution in [1.82, 2.24) is 0 Å². The molecule has 3 aliphatic rings. The van der Waals surface area contributed by atoms with Gasteiger partial charge < -0.3 is 4.90 Å². The molecule has 0 atom stereocenters. The van der Waals surface area contributed by atoms with Crippen LogP contribution < -0.4 is 4.90 Å².